The predicted octanol–water partition coefficient (Wildman–Crippen LogP) is 4.27. The highest BCUT2D eigenvalue weighted by Crippen LogP contribution is 2.27. The molecule has 128 valence electrons. The van der Waals surface area contributed by atoms with Gasteiger partial charge in [-0.2, -0.15) is 0 Å². The molecule has 25 heavy (non-hydrogen) atoms. The van der Waals surface area contributed by atoms with Crippen molar-refractivity contribution in [1.29, 1.82) is 0 Å². The maximum atomic E-state index is 12.4. The zero-order chi connectivity index (χ0) is 17.8. The maximum Gasteiger partial charge on any atom is 0.375 e. The van der Waals surface area contributed by atoms with Gasteiger partial charge in [0.1, 0.15) is 5.58 Å². The molecule has 3 aromatic rings. The summed E-state index contributed by atoms with van der Waals surface area (Å²) in [6, 6.07) is 13.6. The number of hydrogen-bond acceptors (Lipinski definition) is 5. The Labute approximate surface area is 149 Å². The molecule has 0 aliphatic heterocycles. The van der Waals surface area contributed by atoms with Crippen LogP contribution in [0.25, 0.3) is 11.0 Å². The SMILES string of the molecule is COCc1c(C(=O)OCC(=O)c2ccc(Cl)cc2)oc2ccccc12. The van der Waals surface area contributed by atoms with Crippen LogP contribution in [0, 0.1) is 0 Å². The minimum Gasteiger partial charge on any atom is -0.451 e. The molecule has 0 saturated heterocycles. The number of esters is 1. The van der Waals surface area contributed by atoms with Gasteiger partial charge in [-0.15, -0.1) is 0 Å². The van der Waals surface area contributed by atoms with Gasteiger partial charge in [0.2, 0.25) is 5.76 Å². The third-order valence-corrected chi connectivity index (χ3v) is 3.92. The van der Waals surface area contributed by atoms with E-state index in [4.69, 9.17) is 25.5 Å². The lowest BCUT2D eigenvalue weighted by Gasteiger charge is -2.04. The van der Waals surface area contributed by atoms with Gasteiger partial charge in [0.15, 0.2) is 12.4 Å². The highest BCUT2D eigenvalue weighted by atomic mass is 35.5. The molecule has 0 spiro atoms. The van der Waals surface area contributed by atoms with Gasteiger partial charge in [-0.25, -0.2) is 4.79 Å². The number of hydrogen-bond donors (Lipinski definition) is 0. The summed E-state index contributed by atoms with van der Waals surface area (Å²) in [5.41, 5.74) is 1.58. The fourth-order valence-corrected chi connectivity index (χ4v) is 2.59. The topological polar surface area (TPSA) is 65.7 Å². The number of Topliss-reactive ketones (excluding diaryl/α,β-unsaturated/α-hetero) is 1. The number of carbonyl (C=O) groups is 2. The van der Waals surface area contributed by atoms with Gasteiger partial charge in [0, 0.05) is 28.6 Å². The van der Waals surface area contributed by atoms with Crippen molar-refractivity contribution in [3.8, 4) is 0 Å². The van der Waals surface area contributed by atoms with E-state index in [1.54, 1.807) is 30.3 Å². The molecule has 0 atom stereocenters. The van der Waals surface area contributed by atoms with Crippen molar-refractivity contribution in [2.75, 3.05) is 13.7 Å². The smallest absolute Gasteiger partial charge is 0.375 e. The Morgan fingerprint density at radius 2 is 1.80 bits per heavy atom. The number of fused-ring (bicyclic) bond motifs is 1. The van der Waals surface area contributed by atoms with Crippen molar-refractivity contribution >= 4 is 34.3 Å². The molecule has 0 bridgehead atoms. The molecule has 1 heterocycles. The number of carbonyl (C=O) groups excluding carboxylic acids is 2. The van der Waals surface area contributed by atoms with Gasteiger partial charge in [-0.1, -0.05) is 29.8 Å². The number of benzene rings is 2. The van der Waals surface area contributed by atoms with Gasteiger partial charge in [0.25, 0.3) is 0 Å². The van der Waals surface area contributed by atoms with E-state index in [2.05, 4.69) is 0 Å². The van der Waals surface area contributed by atoms with E-state index in [-0.39, 0.29) is 24.8 Å². The summed E-state index contributed by atoms with van der Waals surface area (Å²) >= 11 is 5.79. The lowest BCUT2D eigenvalue weighted by Crippen LogP contribution is -2.15. The Bertz CT molecular complexity index is 911. The molecule has 0 unspecified atom stereocenters. The fourth-order valence-electron chi connectivity index (χ4n) is 2.47. The van der Waals surface area contributed by atoms with E-state index in [9.17, 15) is 9.59 Å². The average molecular weight is 359 g/mol. The van der Waals surface area contributed by atoms with E-state index < -0.39 is 5.97 Å². The van der Waals surface area contributed by atoms with Crippen LogP contribution in [0.15, 0.2) is 52.9 Å². The Morgan fingerprint density at radius 3 is 2.52 bits per heavy atom. The fraction of sp³-hybridized carbons (Fsp3) is 0.158. The molecule has 0 fully saturated rings. The van der Waals surface area contributed by atoms with Crippen LogP contribution in [0.4, 0.5) is 0 Å². The van der Waals surface area contributed by atoms with Gasteiger partial charge < -0.3 is 13.9 Å². The number of para-hydroxylation sites is 1. The third kappa shape index (κ3) is 3.73. The van der Waals surface area contributed by atoms with Crippen LogP contribution in [-0.4, -0.2) is 25.5 Å². The van der Waals surface area contributed by atoms with Crippen LogP contribution in [0.5, 0.6) is 0 Å². The highest BCUT2D eigenvalue weighted by Gasteiger charge is 2.22. The molecule has 0 saturated carbocycles. The summed E-state index contributed by atoms with van der Waals surface area (Å²) in [4.78, 5) is 24.5. The van der Waals surface area contributed by atoms with E-state index in [1.807, 2.05) is 18.2 Å². The van der Waals surface area contributed by atoms with Gasteiger partial charge in [0.05, 0.1) is 6.61 Å². The second-order valence-corrected chi connectivity index (χ2v) is 5.78. The van der Waals surface area contributed by atoms with Crippen LogP contribution in [0.2, 0.25) is 5.02 Å². The first kappa shape index (κ1) is 17.2. The summed E-state index contributed by atoms with van der Waals surface area (Å²) in [6.45, 7) is -0.184. The molecule has 0 radical (unpaired) electrons. The molecule has 5 nitrogen and oxygen atoms in total. The van der Waals surface area contributed by atoms with Crippen molar-refractivity contribution < 1.29 is 23.5 Å². The van der Waals surface area contributed by atoms with E-state index in [0.717, 1.165) is 5.39 Å². The second kappa shape index (κ2) is 7.51. The summed E-state index contributed by atoms with van der Waals surface area (Å²) in [7, 11) is 1.53. The zero-order valence-corrected chi connectivity index (χ0v) is 14.2. The molecular weight excluding hydrogens is 344 g/mol. The van der Waals surface area contributed by atoms with E-state index in [1.165, 1.54) is 7.11 Å². The van der Waals surface area contributed by atoms with Crippen LogP contribution in [-0.2, 0) is 16.1 Å². The Morgan fingerprint density at radius 1 is 1.08 bits per heavy atom. The average Bonchev–Trinajstić information content (AvgIpc) is 2.99. The number of halogens is 1. The molecule has 6 heteroatoms. The van der Waals surface area contributed by atoms with Crippen LogP contribution in [0.3, 0.4) is 0 Å². The van der Waals surface area contributed by atoms with E-state index in [0.29, 0.717) is 21.7 Å². The first-order chi connectivity index (χ1) is 12.1. The summed E-state index contributed by atoms with van der Waals surface area (Å²) in [5.74, 6) is -0.980. The van der Waals surface area contributed by atoms with Gasteiger partial charge >= 0.3 is 5.97 Å². The van der Waals surface area contributed by atoms with Crippen molar-refractivity contribution in [1.82, 2.24) is 0 Å². The maximum absolute atomic E-state index is 12.4. The lowest BCUT2D eigenvalue weighted by molar-refractivity contribution is 0.0441. The summed E-state index contributed by atoms with van der Waals surface area (Å²) < 4.78 is 15.8. The highest BCUT2D eigenvalue weighted by molar-refractivity contribution is 6.30. The predicted molar refractivity (Wildman–Crippen MR) is 93.0 cm³/mol. The first-order valence-corrected chi connectivity index (χ1v) is 7.93. The monoisotopic (exact) mass is 358 g/mol. The van der Waals surface area contributed by atoms with E-state index >= 15 is 0 Å². The molecule has 0 aliphatic carbocycles. The largest absolute Gasteiger partial charge is 0.451 e. The number of methoxy groups -OCH3 is 1. The molecule has 2 aromatic carbocycles. The third-order valence-electron chi connectivity index (χ3n) is 3.67. The Balaban J connectivity index is 1.77. The number of ketones is 1. The van der Waals surface area contributed by atoms with Crippen molar-refractivity contribution in [3.05, 3.63) is 70.4 Å². The summed E-state index contributed by atoms with van der Waals surface area (Å²) in [5, 5.41) is 1.31. The quantitative estimate of drug-likeness (QED) is 0.486. The molecule has 1 aromatic heterocycles. The first-order valence-electron chi connectivity index (χ1n) is 7.55. The standard InChI is InChI=1S/C19H15ClO5/c1-23-10-15-14-4-2-3-5-17(14)25-18(15)19(22)24-11-16(21)12-6-8-13(20)9-7-12/h2-9H,10-11H2,1H3. The molecule has 0 aliphatic rings. The van der Waals surface area contributed by atoms with Crippen LogP contribution in [0.1, 0.15) is 26.5 Å². The van der Waals surface area contributed by atoms with Crippen molar-refractivity contribution in [2.45, 2.75) is 6.61 Å². The molecule has 0 N–H and O–H groups in total. The lowest BCUT2D eigenvalue weighted by atomic mass is 10.1. The number of furan rings is 1. The van der Waals surface area contributed by atoms with Crippen molar-refractivity contribution in [2.24, 2.45) is 0 Å². The summed E-state index contributed by atoms with van der Waals surface area (Å²) in [6.07, 6.45) is 0. The number of ether oxygens (including phenoxy) is 2. The Hall–Kier alpha value is -2.63. The zero-order valence-electron chi connectivity index (χ0n) is 13.5. The van der Waals surface area contributed by atoms with Gasteiger partial charge in [-0.3, -0.25) is 4.79 Å². The minimum absolute atomic E-state index is 0.0481. The molecule has 3 rings (SSSR count). The van der Waals surface area contributed by atoms with Crippen LogP contribution < -0.4 is 0 Å². The number of rotatable bonds is 6. The second-order valence-electron chi connectivity index (χ2n) is 5.35. The Kier molecular flexibility index (Phi) is 5.16. The minimum atomic E-state index is -0.703. The normalized spacial score (nSPS) is 10.8. The van der Waals surface area contributed by atoms with Crippen LogP contribution >= 0.6 is 11.6 Å². The molecular formula is C19H15ClO5. The molecule has 0 amide bonds. The van der Waals surface area contributed by atoms with Gasteiger partial charge in [-0.05, 0) is 30.3 Å². The van der Waals surface area contributed by atoms with Crippen molar-refractivity contribution in [3.63, 3.8) is 0 Å².